The van der Waals surface area contributed by atoms with E-state index >= 15 is 0 Å². The van der Waals surface area contributed by atoms with Gasteiger partial charge in [-0.3, -0.25) is 0 Å². The molecule has 0 radical (unpaired) electrons. The molecule has 8 rings (SSSR count). The Morgan fingerprint density at radius 2 is 0.936 bits per heavy atom. The van der Waals surface area contributed by atoms with Gasteiger partial charge in [-0.1, -0.05) is 153 Å². The number of nitrogens with zero attached hydrogens (tertiary/aromatic N) is 4. The van der Waals surface area contributed by atoms with E-state index in [2.05, 4.69) is 116 Å². The Kier molecular flexibility index (Phi) is 6.82. The van der Waals surface area contributed by atoms with Crippen LogP contribution in [0, 0.1) is 6.57 Å². The minimum absolute atomic E-state index is 0.143. The van der Waals surface area contributed by atoms with Crippen LogP contribution in [0.3, 0.4) is 0 Å². The largest absolute Gasteiger partial charge is 0.238 e. The second-order valence-electron chi connectivity index (χ2n) is 12.4. The van der Waals surface area contributed by atoms with Crippen LogP contribution in [0.5, 0.6) is 0 Å². The van der Waals surface area contributed by atoms with E-state index in [0.717, 1.165) is 38.9 Å². The monoisotopic (exact) mass is 602 g/mol. The summed E-state index contributed by atoms with van der Waals surface area (Å²) in [5.41, 5.74) is 12.8. The predicted molar refractivity (Wildman–Crippen MR) is 191 cm³/mol. The van der Waals surface area contributed by atoms with Gasteiger partial charge in [-0.05, 0) is 50.6 Å². The Bertz CT molecular complexity index is 2300. The molecule has 4 heteroatoms. The highest BCUT2D eigenvalue weighted by atomic mass is 15.0. The van der Waals surface area contributed by atoms with Crippen LogP contribution < -0.4 is 0 Å². The van der Waals surface area contributed by atoms with Crippen molar-refractivity contribution in [1.82, 2.24) is 15.0 Å². The van der Waals surface area contributed by atoms with Crippen molar-refractivity contribution in [3.8, 4) is 67.5 Å². The Labute approximate surface area is 274 Å². The van der Waals surface area contributed by atoms with Gasteiger partial charge in [-0.15, -0.1) is 0 Å². The Hall–Kier alpha value is -6.18. The lowest BCUT2D eigenvalue weighted by molar-refractivity contribution is 0.660. The number of hydrogen-bond acceptors (Lipinski definition) is 3. The summed E-state index contributed by atoms with van der Waals surface area (Å²) in [6, 6.07) is 49.9. The maximum Gasteiger partial charge on any atom is 0.187 e. The summed E-state index contributed by atoms with van der Waals surface area (Å²) in [5, 5.41) is 0. The van der Waals surface area contributed by atoms with E-state index in [0.29, 0.717) is 23.2 Å². The summed E-state index contributed by atoms with van der Waals surface area (Å²) in [6.45, 7) is 12.1. The molecule has 0 atom stereocenters. The average Bonchev–Trinajstić information content (AvgIpc) is 3.38. The topological polar surface area (TPSA) is 43.0 Å². The summed E-state index contributed by atoms with van der Waals surface area (Å²) in [6.07, 6.45) is 0. The molecule has 0 unspecified atom stereocenters. The molecule has 222 valence electrons. The third kappa shape index (κ3) is 4.99. The van der Waals surface area contributed by atoms with E-state index in [1.165, 1.54) is 22.3 Å². The van der Waals surface area contributed by atoms with Crippen LogP contribution in [0.2, 0.25) is 0 Å². The summed E-state index contributed by atoms with van der Waals surface area (Å²) >= 11 is 0. The molecule has 0 bridgehead atoms. The molecule has 1 aromatic heterocycles. The lowest BCUT2D eigenvalue weighted by Gasteiger charge is -2.21. The van der Waals surface area contributed by atoms with Crippen LogP contribution >= 0.6 is 0 Å². The van der Waals surface area contributed by atoms with Crippen molar-refractivity contribution < 1.29 is 0 Å². The first-order chi connectivity index (χ1) is 23.0. The second kappa shape index (κ2) is 11.3. The zero-order valence-electron chi connectivity index (χ0n) is 26.1. The van der Waals surface area contributed by atoms with Crippen molar-refractivity contribution in [2.75, 3.05) is 0 Å². The van der Waals surface area contributed by atoms with E-state index in [1.54, 1.807) is 0 Å². The zero-order chi connectivity index (χ0) is 32.0. The molecular formula is C43H30N4. The van der Waals surface area contributed by atoms with Gasteiger partial charge in [0, 0.05) is 22.1 Å². The fourth-order valence-electron chi connectivity index (χ4n) is 6.69. The van der Waals surface area contributed by atoms with Crippen LogP contribution in [-0.4, -0.2) is 15.0 Å². The second-order valence-corrected chi connectivity index (χ2v) is 12.4. The first-order valence-corrected chi connectivity index (χ1v) is 15.7. The van der Waals surface area contributed by atoms with Crippen molar-refractivity contribution in [1.29, 1.82) is 0 Å². The first kappa shape index (κ1) is 28.3. The van der Waals surface area contributed by atoms with Crippen LogP contribution in [0.4, 0.5) is 5.69 Å². The minimum Gasteiger partial charge on any atom is -0.238 e. The molecule has 7 aromatic rings. The van der Waals surface area contributed by atoms with E-state index in [-0.39, 0.29) is 5.41 Å². The molecule has 4 nitrogen and oxygen atoms in total. The normalized spacial score (nSPS) is 12.6. The van der Waals surface area contributed by atoms with Gasteiger partial charge in [0.1, 0.15) is 0 Å². The van der Waals surface area contributed by atoms with Gasteiger partial charge >= 0.3 is 0 Å². The van der Waals surface area contributed by atoms with Crippen molar-refractivity contribution >= 4 is 5.69 Å². The van der Waals surface area contributed by atoms with Crippen LogP contribution in [-0.2, 0) is 5.41 Å². The standard InChI is InChI=1S/C43H30N4/c1-43(2)37-26-25-34(44-3)27-36(37)39-35(15-10-16-38(39)43)30-19-23-33(24-20-30)42-46-40(31-13-8-5-9-14-31)45-41(47-42)32-21-17-29(18-22-32)28-11-6-4-7-12-28/h4-27H,1-2H3. The lowest BCUT2D eigenvalue weighted by atomic mass is 9.82. The molecule has 0 amide bonds. The van der Waals surface area contributed by atoms with Gasteiger partial charge in [0.2, 0.25) is 0 Å². The van der Waals surface area contributed by atoms with Gasteiger partial charge in [0.15, 0.2) is 23.2 Å². The van der Waals surface area contributed by atoms with Crippen molar-refractivity contribution in [3.05, 3.63) is 168 Å². The Morgan fingerprint density at radius 1 is 0.447 bits per heavy atom. The molecule has 0 saturated heterocycles. The predicted octanol–water partition coefficient (Wildman–Crippen LogP) is 11.1. The number of rotatable bonds is 5. The quantitative estimate of drug-likeness (QED) is 0.184. The molecule has 1 aliphatic rings. The summed E-state index contributed by atoms with van der Waals surface area (Å²) in [5.74, 6) is 1.89. The first-order valence-electron chi connectivity index (χ1n) is 15.7. The fraction of sp³-hybridized carbons (Fsp3) is 0.0698. The van der Waals surface area contributed by atoms with E-state index in [4.69, 9.17) is 21.5 Å². The summed E-state index contributed by atoms with van der Waals surface area (Å²) in [4.78, 5) is 18.6. The molecule has 1 aliphatic carbocycles. The van der Waals surface area contributed by atoms with Crippen molar-refractivity contribution in [2.45, 2.75) is 19.3 Å². The van der Waals surface area contributed by atoms with Gasteiger partial charge in [0.05, 0.1) is 6.57 Å². The number of hydrogen-bond donors (Lipinski definition) is 0. The number of benzene rings is 6. The van der Waals surface area contributed by atoms with Crippen LogP contribution in [0.25, 0.3) is 72.4 Å². The van der Waals surface area contributed by atoms with Crippen molar-refractivity contribution in [2.24, 2.45) is 0 Å². The average molecular weight is 603 g/mol. The van der Waals surface area contributed by atoms with Gasteiger partial charge < -0.3 is 0 Å². The minimum atomic E-state index is -0.143. The molecule has 0 N–H and O–H groups in total. The summed E-state index contributed by atoms with van der Waals surface area (Å²) in [7, 11) is 0. The van der Waals surface area contributed by atoms with E-state index in [1.807, 2.05) is 48.5 Å². The molecule has 0 fully saturated rings. The van der Waals surface area contributed by atoms with E-state index < -0.39 is 0 Å². The molecule has 0 saturated carbocycles. The Balaban J connectivity index is 1.20. The molecule has 0 spiro atoms. The molecule has 0 aliphatic heterocycles. The lowest BCUT2D eigenvalue weighted by Crippen LogP contribution is -2.14. The van der Waals surface area contributed by atoms with Crippen LogP contribution in [0.1, 0.15) is 25.0 Å². The number of fused-ring (bicyclic) bond motifs is 3. The van der Waals surface area contributed by atoms with Gasteiger partial charge in [0.25, 0.3) is 0 Å². The highest BCUT2D eigenvalue weighted by Gasteiger charge is 2.36. The van der Waals surface area contributed by atoms with Crippen molar-refractivity contribution in [3.63, 3.8) is 0 Å². The molecule has 1 heterocycles. The number of aromatic nitrogens is 3. The maximum atomic E-state index is 7.61. The maximum absolute atomic E-state index is 7.61. The summed E-state index contributed by atoms with van der Waals surface area (Å²) < 4.78 is 0. The van der Waals surface area contributed by atoms with Gasteiger partial charge in [-0.2, -0.15) is 0 Å². The molecular weight excluding hydrogens is 573 g/mol. The zero-order valence-corrected chi connectivity index (χ0v) is 26.1. The highest BCUT2D eigenvalue weighted by Crippen LogP contribution is 2.53. The highest BCUT2D eigenvalue weighted by molar-refractivity contribution is 5.94. The van der Waals surface area contributed by atoms with E-state index in [9.17, 15) is 0 Å². The molecule has 47 heavy (non-hydrogen) atoms. The SMILES string of the molecule is [C-]#[N+]c1ccc2c(c1)-c1c(-c3ccc(-c4nc(-c5ccccc5)nc(-c5ccc(-c6ccccc6)cc5)n4)cc3)cccc1C2(C)C. The third-order valence-corrected chi connectivity index (χ3v) is 9.18. The van der Waals surface area contributed by atoms with Crippen LogP contribution in [0.15, 0.2) is 146 Å². The Morgan fingerprint density at radius 3 is 1.51 bits per heavy atom. The van der Waals surface area contributed by atoms with Gasteiger partial charge in [-0.25, -0.2) is 19.8 Å². The third-order valence-electron chi connectivity index (χ3n) is 9.18. The smallest absolute Gasteiger partial charge is 0.187 e. The molecule has 6 aromatic carbocycles. The fourth-order valence-corrected chi connectivity index (χ4v) is 6.69.